The number of amides is 1. The molecular weight excluding hydrogens is 332 g/mol. The third-order valence-electron chi connectivity index (χ3n) is 3.36. The van der Waals surface area contributed by atoms with Crippen molar-refractivity contribution in [2.75, 3.05) is 12.8 Å². The van der Waals surface area contributed by atoms with Gasteiger partial charge in [0.25, 0.3) is 0 Å². The van der Waals surface area contributed by atoms with Crippen LogP contribution in [-0.4, -0.2) is 28.2 Å². The molecule has 0 aliphatic heterocycles. The summed E-state index contributed by atoms with van der Waals surface area (Å²) in [5.74, 6) is 0.336. The minimum atomic E-state index is -0.287. The molecule has 0 radical (unpaired) electrons. The van der Waals surface area contributed by atoms with Gasteiger partial charge in [0.15, 0.2) is 5.16 Å². The van der Waals surface area contributed by atoms with Crippen molar-refractivity contribution in [3.8, 4) is 11.1 Å². The average Bonchev–Trinajstić information content (AvgIpc) is 2.54. The Kier molecular flexibility index (Phi) is 5.85. The zero-order valence-electron chi connectivity index (χ0n) is 13.3. The number of benzene rings is 1. The molecule has 3 N–H and O–H groups in total. The number of hydrogen-bond donors (Lipinski definition) is 2. The summed E-state index contributed by atoms with van der Waals surface area (Å²) in [7, 11) is 1.61. The van der Waals surface area contributed by atoms with Crippen molar-refractivity contribution in [1.29, 1.82) is 0 Å². The minimum absolute atomic E-state index is 0.0722. The Morgan fingerprint density at radius 2 is 2.00 bits per heavy atom. The molecule has 5 nitrogen and oxygen atoms in total. The standard InChI is InChI=1S/C16H19ClN4OS/c1-4-12-13(10-5-7-11(17)8-6-10)14(18)21-16(20-12)23-9(2)15(22)19-3/h5-9H,4H2,1-3H3,(H,19,22)(H2,18,20,21). The van der Waals surface area contributed by atoms with E-state index < -0.39 is 0 Å². The van der Waals surface area contributed by atoms with E-state index in [4.69, 9.17) is 17.3 Å². The lowest BCUT2D eigenvalue weighted by atomic mass is 10.0. The first-order valence-electron chi connectivity index (χ1n) is 7.26. The molecule has 1 aromatic heterocycles. The maximum absolute atomic E-state index is 11.6. The van der Waals surface area contributed by atoms with Gasteiger partial charge in [-0.05, 0) is 31.0 Å². The molecule has 0 spiro atoms. The fraction of sp³-hybridized carbons (Fsp3) is 0.312. The summed E-state index contributed by atoms with van der Waals surface area (Å²) >= 11 is 7.23. The smallest absolute Gasteiger partial charge is 0.233 e. The number of nitrogens with zero attached hydrogens (tertiary/aromatic N) is 2. The highest BCUT2D eigenvalue weighted by Crippen LogP contribution is 2.31. The zero-order valence-corrected chi connectivity index (χ0v) is 14.8. The minimum Gasteiger partial charge on any atom is -0.383 e. The number of carbonyl (C=O) groups excluding carboxylic acids is 1. The van der Waals surface area contributed by atoms with Crippen molar-refractivity contribution < 1.29 is 4.79 Å². The van der Waals surface area contributed by atoms with Gasteiger partial charge in [0.05, 0.1) is 10.9 Å². The van der Waals surface area contributed by atoms with Crippen LogP contribution < -0.4 is 11.1 Å². The number of thioether (sulfide) groups is 1. The highest BCUT2D eigenvalue weighted by Gasteiger charge is 2.18. The first kappa shape index (κ1) is 17.6. The summed E-state index contributed by atoms with van der Waals surface area (Å²) in [5.41, 5.74) is 8.76. The van der Waals surface area contributed by atoms with E-state index in [0.717, 1.165) is 16.8 Å². The van der Waals surface area contributed by atoms with Crippen LogP contribution in [0.5, 0.6) is 0 Å². The SMILES string of the molecule is CCc1nc(SC(C)C(=O)NC)nc(N)c1-c1ccc(Cl)cc1. The van der Waals surface area contributed by atoms with E-state index in [1.165, 1.54) is 11.8 Å². The summed E-state index contributed by atoms with van der Waals surface area (Å²) in [5, 5.41) is 3.50. The quantitative estimate of drug-likeness (QED) is 0.639. The van der Waals surface area contributed by atoms with Crippen molar-refractivity contribution in [3.63, 3.8) is 0 Å². The largest absolute Gasteiger partial charge is 0.383 e. The number of nitrogens with one attached hydrogen (secondary N) is 1. The summed E-state index contributed by atoms with van der Waals surface area (Å²) in [6.07, 6.45) is 0.715. The third-order valence-corrected chi connectivity index (χ3v) is 4.57. The molecule has 0 saturated heterocycles. The number of aromatic nitrogens is 2. The highest BCUT2D eigenvalue weighted by atomic mass is 35.5. The number of aryl methyl sites for hydroxylation is 1. The molecule has 1 unspecified atom stereocenters. The van der Waals surface area contributed by atoms with Gasteiger partial charge >= 0.3 is 0 Å². The van der Waals surface area contributed by atoms with Gasteiger partial charge in [-0.2, -0.15) is 0 Å². The normalized spacial score (nSPS) is 12.0. The van der Waals surface area contributed by atoms with Crippen LogP contribution in [0.4, 0.5) is 5.82 Å². The second kappa shape index (κ2) is 7.66. The van der Waals surface area contributed by atoms with Crippen LogP contribution in [-0.2, 0) is 11.2 Å². The van der Waals surface area contributed by atoms with E-state index in [9.17, 15) is 4.79 Å². The summed E-state index contributed by atoms with van der Waals surface area (Å²) < 4.78 is 0. The van der Waals surface area contributed by atoms with E-state index in [2.05, 4.69) is 15.3 Å². The van der Waals surface area contributed by atoms with Crippen LogP contribution in [0.3, 0.4) is 0 Å². The molecule has 0 aliphatic carbocycles. The van der Waals surface area contributed by atoms with Crippen molar-refractivity contribution >= 4 is 35.1 Å². The second-order valence-electron chi connectivity index (χ2n) is 4.95. The van der Waals surface area contributed by atoms with Gasteiger partial charge < -0.3 is 11.1 Å². The van der Waals surface area contributed by atoms with E-state index >= 15 is 0 Å². The third kappa shape index (κ3) is 4.14. The zero-order chi connectivity index (χ0) is 17.0. The van der Waals surface area contributed by atoms with E-state index in [1.54, 1.807) is 7.05 Å². The van der Waals surface area contributed by atoms with Crippen LogP contribution in [0, 0.1) is 0 Å². The Labute approximate surface area is 145 Å². The van der Waals surface area contributed by atoms with Crippen molar-refractivity contribution in [2.45, 2.75) is 30.7 Å². The molecule has 0 saturated carbocycles. The number of nitrogen functional groups attached to an aromatic ring is 1. The monoisotopic (exact) mass is 350 g/mol. The first-order chi connectivity index (χ1) is 11.0. The summed E-state index contributed by atoms with van der Waals surface area (Å²) in [6.45, 7) is 3.82. The molecule has 7 heteroatoms. The van der Waals surface area contributed by atoms with Gasteiger partial charge in [-0.25, -0.2) is 9.97 Å². The van der Waals surface area contributed by atoms with Gasteiger partial charge in [-0.15, -0.1) is 0 Å². The van der Waals surface area contributed by atoms with Crippen LogP contribution in [0.2, 0.25) is 5.02 Å². The van der Waals surface area contributed by atoms with Gasteiger partial charge in [-0.1, -0.05) is 42.4 Å². The first-order valence-corrected chi connectivity index (χ1v) is 8.52. The van der Waals surface area contributed by atoms with Gasteiger partial charge in [0, 0.05) is 17.6 Å². The molecular formula is C16H19ClN4OS. The van der Waals surface area contributed by atoms with Crippen molar-refractivity contribution in [3.05, 3.63) is 35.0 Å². The van der Waals surface area contributed by atoms with Crippen LogP contribution in [0.25, 0.3) is 11.1 Å². The second-order valence-corrected chi connectivity index (χ2v) is 6.69. The van der Waals surface area contributed by atoms with Gasteiger partial charge in [0.1, 0.15) is 5.82 Å². The Bertz CT molecular complexity index is 706. The number of carbonyl (C=O) groups is 1. The number of nitrogens with two attached hydrogens (primary N) is 1. The lowest BCUT2D eigenvalue weighted by Crippen LogP contribution is -2.27. The Morgan fingerprint density at radius 3 is 2.57 bits per heavy atom. The average molecular weight is 351 g/mol. The summed E-state index contributed by atoms with van der Waals surface area (Å²) in [4.78, 5) is 20.6. The lowest BCUT2D eigenvalue weighted by Gasteiger charge is -2.14. The molecule has 122 valence electrons. The fourth-order valence-corrected chi connectivity index (χ4v) is 3.14. The van der Waals surface area contributed by atoms with Crippen LogP contribution in [0.1, 0.15) is 19.5 Å². The number of hydrogen-bond acceptors (Lipinski definition) is 5. The van der Waals surface area contributed by atoms with Crippen LogP contribution in [0.15, 0.2) is 29.4 Å². The Hall–Kier alpha value is -1.79. The molecule has 2 rings (SSSR count). The molecule has 1 amide bonds. The molecule has 2 aromatic rings. The molecule has 0 bridgehead atoms. The van der Waals surface area contributed by atoms with Crippen molar-refractivity contribution in [1.82, 2.24) is 15.3 Å². The molecule has 23 heavy (non-hydrogen) atoms. The number of anilines is 1. The molecule has 1 heterocycles. The number of rotatable bonds is 5. The molecule has 0 aliphatic rings. The van der Waals surface area contributed by atoms with E-state index in [1.807, 2.05) is 38.1 Å². The predicted octanol–water partition coefficient (Wildman–Crippen LogP) is 3.17. The topological polar surface area (TPSA) is 80.9 Å². The maximum atomic E-state index is 11.6. The van der Waals surface area contributed by atoms with E-state index in [0.29, 0.717) is 22.4 Å². The van der Waals surface area contributed by atoms with E-state index in [-0.39, 0.29) is 11.2 Å². The van der Waals surface area contributed by atoms with Crippen molar-refractivity contribution in [2.24, 2.45) is 0 Å². The van der Waals surface area contributed by atoms with Gasteiger partial charge in [0.2, 0.25) is 5.91 Å². The fourth-order valence-electron chi connectivity index (χ4n) is 2.16. The highest BCUT2D eigenvalue weighted by molar-refractivity contribution is 8.00. The molecule has 1 aromatic carbocycles. The summed E-state index contributed by atoms with van der Waals surface area (Å²) in [6, 6.07) is 7.42. The number of halogens is 1. The molecule has 1 atom stereocenters. The van der Waals surface area contributed by atoms with Crippen LogP contribution >= 0.6 is 23.4 Å². The lowest BCUT2D eigenvalue weighted by molar-refractivity contribution is -0.119. The van der Waals surface area contributed by atoms with Gasteiger partial charge in [-0.3, -0.25) is 4.79 Å². The maximum Gasteiger partial charge on any atom is 0.233 e. The predicted molar refractivity (Wildman–Crippen MR) is 95.7 cm³/mol. The Balaban J connectivity index is 2.39. The molecule has 0 fully saturated rings. The Morgan fingerprint density at radius 1 is 1.35 bits per heavy atom.